The van der Waals surface area contributed by atoms with Crippen molar-refractivity contribution in [1.82, 2.24) is 0 Å². The predicted octanol–water partition coefficient (Wildman–Crippen LogP) is 9.67. The predicted molar refractivity (Wildman–Crippen MR) is 122 cm³/mol. The van der Waals surface area contributed by atoms with Crippen molar-refractivity contribution in [3.05, 3.63) is 0 Å². The van der Waals surface area contributed by atoms with E-state index in [9.17, 15) is 0 Å². The largest absolute Gasteiger partial charge is 0.0654 e. The Morgan fingerprint density at radius 2 is 1.15 bits per heavy atom. The third-order valence-corrected chi connectivity index (χ3v) is 7.22. The van der Waals surface area contributed by atoms with Gasteiger partial charge in [-0.3, -0.25) is 0 Å². The van der Waals surface area contributed by atoms with Crippen LogP contribution in [-0.4, -0.2) is 0 Å². The minimum atomic E-state index is 0.546. The summed E-state index contributed by atoms with van der Waals surface area (Å²) in [6, 6.07) is 0. The van der Waals surface area contributed by atoms with E-state index < -0.39 is 0 Å². The molecule has 0 heterocycles. The molecule has 0 amide bonds. The minimum absolute atomic E-state index is 0.546. The van der Waals surface area contributed by atoms with Crippen molar-refractivity contribution in [2.45, 2.75) is 139 Å². The van der Waals surface area contributed by atoms with Gasteiger partial charge in [-0.1, -0.05) is 120 Å². The first-order valence-electron chi connectivity index (χ1n) is 12.3. The van der Waals surface area contributed by atoms with Gasteiger partial charge in [0.1, 0.15) is 0 Å². The maximum Gasteiger partial charge on any atom is -0.0298 e. The van der Waals surface area contributed by atoms with Crippen LogP contribution >= 0.6 is 0 Å². The Balaban J connectivity index is 4.86. The van der Waals surface area contributed by atoms with Gasteiger partial charge in [-0.25, -0.2) is 0 Å². The highest BCUT2D eigenvalue weighted by Crippen LogP contribution is 2.44. The van der Waals surface area contributed by atoms with Gasteiger partial charge >= 0.3 is 0 Å². The van der Waals surface area contributed by atoms with E-state index in [-0.39, 0.29) is 0 Å². The van der Waals surface area contributed by atoms with Crippen molar-refractivity contribution >= 4 is 0 Å². The van der Waals surface area contributed by atoms with Crippen molar-refractivity contribution in [3.8, 4) is 0 Å². The molecule has 0 spiro atoms. The van der Waals surface area contributed by atoms with E-state index >= 15 is 0 Å². The van der Waals surface area contributed by atoms with Gasteiger partial charge < -0.3 is 0 Å². The second kappa shape index (κ2) is 15.0. The standard InChI is InChI=1S/C26H54/c1-9-12-17-25(18-13-10-2)21-23(6)24(7)26(8,19-14-11-3)20-15-16-22(4)5/h22-25H,9-21H2,1-8H3. The monoisotopic (exact) mass is 366 g/mol. The lowest BCUT2D eigenvalue weighted by molar-refractivity contribution is 0.0941. The molecule has 0 aromatic heterocycles. The number of hydrogen-bond acceptors (Lipinski definition) is 0. The van der Waals surface area contributed by atoms with Crippen LogP contribution in [0.1, 0.15) is 139 Å². The van der Waals surface area contributed by atoms with Crippen LogP contribution in [0, 0.1) is 29.1 Å². The smallest absolute Gasteiger partial charge is 0.0298 e. The van der Waals surface area contributed by atoms with Crippen LogP contribution in [-0.2, 0) is 0 Å². The van der Waals surface area contributed by atoms with Crippen molar-refractivity contribution < 1.29 is 0 Å². The molecule has 0 saturated heterocycles. The lowest BCUT2D eigenvalue weighted by atomic mass is 9.64. The summed E-state index contributed by atoms with van der Waals surface area (Å²) in [6.07, 6.45) is 18.4. The Morgan fingerprint density at radius 3 is 1.62 bits per heavy atom. The van der Waals surface area contributed by atoms with Crippen LogP contribution in [0.25, 0.3) is 0 Å². The van der Waals surface area contributed by atoms with Gasteiger partial charge in [-0.05, 0) is 48.3 Å². The van der Waals surface area contributed by atoms with Crippen molar-refractivity contribution in [2.75, 3.05) is 0 Å². The average Bonchev–Trinajstić information content (AvgIpc) is 2.61. The lowest BCUT2D eigenvalue weighted by Crippen LogP contribution is -2.31. The summed E-state index contributed by atoms with van der Waals surface area (Å²) in [4.78, 5) is 0. The van der Waals surface area contributed by atoms with Crippen molar-refractivity contribution in [3.63, 3.8) is 0 Å². The maximum atomic E-state index is 2.62. The fourth-order valence-corrected chi connectivity index (χ4v) is 4.86. The Hall–Kier alpha value is 0. The fourth-order valence-electron chi connectivity index (χ4n) is 4.86. The molecule has 0 aromatic carbocycles. The molecule has 0 aromatic rings. The Labute approximate surface area is 168 Å². The fraction of sp³-hybridized carbons (Fsp3) is 1.00. The molecule has 3 atom stereocenters. The highest BCUT2D eigenvalue weighted by Gasteiger charge is 2.34. The molecule has 0 heteroatoms. The molecule has 158 valence electrons. The summed E-state index contributed by atoms with van der Waals surface area (Å²) < 4.78 is 0. The highest BCUT2D eigenvalue weighted by molar-refractivity contribution is 4.84. The molecule has 0 aliphatic heterocycles. The zero-order valence-electron chi connectivity index (χ0n) is 20.0. The maximum absolute atomic E-state index is 2.62. The molecule has 0 radical (unpaired) electrons. The molecule has 0 nitrogen and oxygen atoms in total. The normalized spacial score (nSPS) is 16.8. The molecule has 0 saturated carbocycles. The second-order valence-electron chi connectivity index (χ2n) is 10.2. The molecule has 26 heavy (non-hydrogen) atoms. The zero-order chi connectivity index (χ0) is 20.0. The number of unbranched alkanes of at least 4 members (excludes halogenated alkanes) is 3. The molecule has 0 aliphatic rings. The molecular formula is C26H54. The second-order valence-corrected chi connectivity index (χ2v) is 10.2. The van der Waals surface area contributed by atoms with Crippen LogP contribution in [0.2, 0.25) is 0 Å². The van der Waals surface area contributed by atoms with Gasteiger partial charge in [0.15, 0.2) is 0 Å². The Morgan fingerprint density at radius 1 is 0.654 bits per heavy atom. The molecule has 0 rings (SSSR count). The number of hydrogen-bond donors (Lipinski definition) is 0. The Kier molecular flexibility index (Phi) is 15.0. The average molecular weight is 367 g/mol. The van der Waals surface area contributed by atoms with Crippen LogP contribution in [0.15, 0.2) is 0 Å². The van der Waals surface area contributed by atoms with Crippen molar-refractivity contribution in [1.29, 1.82) is 0 Å². The summed E-state index contributed by atoms with van der Waals surface area (Å²) in [7, 11) is 0. The SMILES string of the molecule is CCCCC(CCCC)CC(C)C(C)C(C)(CCCC)CCCC(C)C. The first kappa shape index (κ1) is 26.0. The van der Waals surface area contributed by atoms with Crippen LogP contribution < -0.4 is 0 Å². The van der Waals surface area contributed by atoms with E-state index in [0.717, 1.165) is 23.7 Å². The lowest BCUT2D eigenvalue weighted by Gasteiger charge is -2.41. The van der Waals surface area contributed by atoms with Gasteiger partial charge in [-0.15, -0.1) is 0 Å². The summed E-state index contributed by atoms with van der Waals surface area (Å²) in [5.74, 6) is 3.55. The quantitative estimate of drug-likeness (QED) is 0.240. The molecule has 3 unspecified atom stereocenters. The van der Waals surface area contributed by atoms with E-state index in [1.165, 1.54) is 83.5 Å². The van der Waals surface area contributed by atoms with E-state index in [1.807, 2.05) is 0 Å². The summed E-state index contributed by atoms with van der Waals surface area (Å²) >= 11 is 0. The van der Waals surface area contributed by atoms with E-state index in [2.05, 4.69) is 55.4 Å². The van der Waals surface area contributed by atoms with E-state index in [4.69, 9.17) is 0 Å². The number of rotatable bonds is 17. The van der Waals surface area contributed by atoms with Gasteiger partial charge in [0.05, 0.1) is 0 Å². The first-order valence-corrected chi connectivity index (χ1v) is 12.3. The zero-order valence-corrected chi connectivity index (χ0v) is 20.0. The third kappa shape index (κ3) is 11.0. The molecule has 0 aliphatic carbocycles. The summed E-state index contributed by atoms with van der Waals surface area (Å²) in [6.45, 7) is 19.6. The van der Waals surface area contributed by atoms with E-state index in [1.54, 1.807) is 0 Å². The highest BCUT2D eigenvalue weighted by atomic mass is 14.4. The summed E-state index contributed by atoms with van der Waals surface area (Å²) in [5, 5.41) is 0. The van der Waals surface area contributed by atoms with Crippen LogP contribution in [0.4, 0.5) is 0 Å². The van der Waals surface area contributed by atoms with Gasteiger partial charge in [0.25, 0.3) is 0 Å². The van der Waals surface area contributed by atoms with E-state index in [0.29, 0.717) is 5.41 Å². The molecule has 0 fully saturated rings. The van der Waals surface area contributed by atoms with Gasteiger partial charge in [-0.2, -0.15) is 0 Å². The molecule has 0 N–H and O–H groups in total. The minimum Gasteiger partial charge on any atom is -0.0654 e. The van der Waals surface area contributed by atoms with Crippen molar-refractivity contribution in [2.24, 2.45) is 29.1 Å². The first-order chi connectivity index (χ1) is 12.3. The van der Waals surface area contributed by atoms with Crippen LogP contribution in [0.3, 0.4) is 0 Å². The topological polar surface area (TPSA) is 0 Å². The third-order valence-electron chi connectivity index (χ3n) is 7.22. The van der Waals surface area contributed by atoms with Gasteiger partial charge in [0, 0.05) is 0 Å². The van der Waals surface area contributed by atoms with Crippen LogP contribution in [0.5, 0.6) is 0 Å². The molecular weight excluding hydrogens is 312 g/mol. The summed E-state index contributed by atoms with van der Waals surface area (Å²) in [5.41, 5.74) is 0.546. The van der Waals surface area contributed by atoms with Gasteiger partial charge in [0.2, 0.25) is 0 Å². The molecule has 0 bridgehead atoms. The Bertz CT molecular complexity index is 297.